The number of rotatable bonds is 6. The minimum absolute atomic E-state index is 0.0170. The molecule has 9 heteroatoms. The molecule has 5 bridgehead atoms. The molecule has 0 aromatic rings. The first-order chi connectivity index (χ1) is 22.8. The zero-order valence-corrected chi connectivity index (χ0v) is 27.7. The molecular formula is C38H50N4O5. The van der Waals surface area contributed by atoms with Gasteiger partial charge in [-0.1, -0.05) is 49.1 Å². The Hall–Kier alpha value is -2.90. The van der Waals surface area contributed by atoms with Gasteiger partial charge in [-0.2, -0.15) is 0 Å². The fraction of sp³-hybridized carbons (Fsp3) is 0.684. The standard InChI is InChI=1S/C38H50N4O5/c1-23-18-26-7-5-14-41-35(39-2)42-16-13-27(20-40-15-17-43)37(22-42)29(26)19-30-32(34(44)45)38(46,21-36(23,30)37)31-12-11-25-10-9-24-6-3-4-8-28(24)33(25)47-31/h3-4,6,8,13,16,23-29,31,33,40,43,46H,9-12,14-15,17-22H2,1-2H3,(H,39,41)(H,44,45)/t23-,24+,25-,26-,27-,28+,29+,31+,33+,36+,37+,38+/m1/s1. The molecule has 5 aliphatic carbocycles. The van der Waals surface area contributed by atoms with Crippen molar-refractivity contribution in [3.05, 3.63) is 47.7 Å². The molecule has 0 radical (unpaired) electrons. The molecule has 8 aliphatic rings. The molecule has 3 heterocycles. The first-order valence-electron chi connectivity index (χ1n) is 17.9. The molecule has 0 unspecified atom stereocenters. The first kappa shape index (κ1) is 31.4. The van der Waals surface area contributed by atoms with Gasteiger partial charge in [0.25, 0.3) is 0 Å². The summed E-state index contributed by atoms with van der Waals surface area (Å²) in [6.07, 6.45) is 18.3. The number of hydrogen-bond donors (Lipinski definition) is 5. The number of ether oxygens (including phenoxy) is 1. The smallest absolute Gasteiger partial charge is 0.334 e. The van der Waals surface area contributed by atoms with Crippen molar-refractivity contribution in [1.29, 1.82) is 0 Å². The number of nitrogens with one attached hydrogen (secondary N) is 2. The fourth-order valence-electron chi connectivity index (χ4n) is 12.2. The Bertz CT molecular complexity index is 1520. The van der Waals surface area contributed by atoms with Gasteiger partial charge < -0.3 is 35.6 Å². The van der Waals surface area contributed by atoms with E-state index in [-0.39, 0.29) is 47.9 Å². The van der Waals surface area contributed by atoms with Crippen LogP contribution < -0.4 is 10.6 Å². The van der Waals surface area contributed by atoms with E-state index >= 15 is 0 Å². The Kier molecular flexibility index (Phi) is 7.75. The number of carboxylic acid groups (broad SMARTS) is 1. The lowest BCUT2D eigenvalue weighted by molar-refractivity contribution is -0.200. The number of guanidine groups is 1. The molecule has 0 aromatic heterocycles. The third-order valence-corrected chi connectivity index (χ3v) is 13.9. The number of carboxylic acids is 1. The van der Waals surface area contributed by atoms with Crippen LogP contribution in [0.2, 0.25) is 0 Å². The number of nitrogens with zero attached hydrogens (tertiary/aromatic N) is 2. The van der Waals surface area contributed by atoms with Gasteiger partial charge in [-0.05, 0) is 80.1 Å². The monoisotopic (exact) mass is 642 g/mol. The van der Waals surface area contributed by atoms with E-state index in [4.69, 9.17) is 4.74 Å². The number of allylic oxidation sites excluding steroid dienone is 4. The van der Waals surface area contributed by atoms with Gasteiger partial charge in [-0.25, -0.2) is 4.79 Å². The number of aliphatic carboxylic acids is 1. The SMILES string of the molecule is CN=C1NCC#C[C@@H]2C[C@@H](C)[C@@]34C[C@](O)([C@@H]5CC[C@H]6CC[C@@H]7C=CC=C[C@@H]7[C@H]6O5)C(C(=O)O)=C3C[C@@H]2[C@@]42CN1C=C[C@@H]2CNCCO. The van der Waals surface area contributed by atoms with E-state index in [9.17, 15) is 20.1 Å². The second kappa shape index (κ2) is 11.6. The summed E-state index contributed by atoms with van der Waals surface area (Å²) in [7, 11) is 1.79. The second-order valence-corrected chi connectivity index (χ2v) is 15.6. The predicted octanol–water partition coefficient (Wildman–Crippen LogP) is 3.09. The van der Waals surface area contributed by atoms with Crippen molar-refractivity contribution < 1.29 is 24.9 Å². The number of aliphatic hydroxyl groups excluding tert-OH is 1. The van der Waals surface area contributed by atoms with Gasteiger partial charge in [0.1, 0.15) is 5.60 Å². The Morgan fingerprint density at radius 2 is 2.04 bits per heavy atom. The normalized spacial score (nSPS) is 46.7. The lowest BCUT2D eigenvalue weighted by Crippen LogP contribution is -2.65. The fourth-order valence-corrected chi connectivity index (χ4v) is 12.2. The van der Waals surface area contributed by atoms with Gasteiger partial charge in [0.05, 0.1) is 30.9 Å². The highest BCUT2D eigenvalue weighted by atomic mass is 16.5. The van der Waals surface area contributed by atoms with Crippen molar-refractivity contribution in [2.75, 3.05) is 39.8 Å². The summed E-state index contributed by atoms with van der Waals surface area (Å²) < 4.78 is 7.04. The molecule has 0 amide bonds. The topological polar surface area (TPSA) is 127 Å². The summed E-state index contributed by atoms with van der Waals surface area (Å²) in [6.45, 7) is 4.64. The minimum atomic E-state index is -1.59. The minimum Gasteiger partial charge on any atom is -0.478 e. The van der Waals surface area contributed by atoms with Crippen molar-refractivity contribution in [3.63, 3.8) is 0 Å². The molecule has 12 atom stereocenters. The van der Waals surface area contributed by atoms with Crippen LogP contribution in [0.4, 0.5) is 0 Å². The van der Waals surface area contributed by atoms with Crippen molar-refractivity contribution >= 4 is 11.9 Å². The first-order valence-corrected chi connectivity index (χ1v) is 17.9. The van der Waals surface area contributed by atoms with Crippen LogP contribution in [0.25, 0.3) is 0 Å². The van der Waals surface area contributed by atoms with Gasteiger partial charge in [0.15, 0.2) is 5.96 Å². The lowest BCUT2D eigenvalue weighted by Gasteiger charge is -2.62. The average molecular weight is 643 g/mol. The number of fused-ring (bicyclic) bond motifs is 4. The van der Waals surface area contributed by atoms with Crippen LogP contribution in [-0.4, -0.2) is 89.8 Å². The molecule has 1 saturated heterocycles. The summed E-state index contributed by atoms with van der Waals surface area (Å²) in [4.78, 5) is 20.4. The van der Waals surface area contributed by atoms with Gasteiger partial charge in [0.2, 0.25) is 0 Å². The zero-order valence-electron chi connectivity index (χ0n) is 27.7. The molecule has 2 spiro atoms. The lowest BCUT2D eigenvalue weighted by atomic mass is 9.44. The largest absolute Gasteiger partial charge is 0.478 e. The highest BCUT2D eigenvalue weighted by Crippen LogP contribution is 2.78. The quantitative estimate of drug-likeness (QED) is 0.221. The van der Waals surface area contributed by atoms with E-state index in [0.29, 0.717) is 57.3 Å². The van der Waals surface area contributed by atoms with Gasteiger partial charge >= 0.3 is 5.97 Å². The third kappa shape index (κ3) is 4.37. The average Bonchev–Trinajstić information content (AvgIpc) is 3.46. The Morgan fingerprint density at radius 1 is 1.21 bits per heavy atom. The maximum atomic E-state index is 13.6. The van der Waals surface area contributed by atoms with Gasteiger partial charge in [-0.3, -0.25) is 4.99 Å². The molecule has 3 aliphatic heterocycles. The van der Waals surface area contributed by atoms with Crippen LogP contribution in [-0.2, 0) is 9.53 Å². The van der Waals surface area contributed by atoms with E-state index in [2.05, 4.69) is 75.9 Å². The molecule has 9 nitrogen and oxygen atoms in total. The molecular weight excluding hydrogens is 592 g/mol. The van der Waals surface area contributed by atoms with Crippen molar-refractivity contribution in [2.45, 2.75) is 69.7 Å². The summed E-state index contributed by atoms with van der Waals surface area (Å²) in [5.41, 5.74) is -1.43. The van der Waals surface area contributed by atoms with Crippen LogP contribution in [0, 0.1) is 64.1 Å². The molecule has 5 N–H and O–H groups in total. The van der Waals surface area contributed by atoms with E-state index in [1.807, 2.05) is 0 Å². The van der Waals surface area contributed by atoms with E-state index < -0.39 is 28.5 Å². The van der Waals surface area contributed by atoms with Crippen molar-refractivity contribution in [3.8, 4) is 11.8 Å². The third-order valence-electron chi connectivity index (χ3n) is 13.9. The maximum absolute atomic E-state index is 13.6. The van der Waals surface area contributed by atoms with Crippen LogP contribution >= 0.6 is 0 Å². The summed E-state index contributed by atoms with van der Waals surface area (Å²) in [5, 5.41) is 40.9. The van der Waals surface area contributed by atoms with Gasteiger partial charge in [0, 0.05) is 55.5 Å². The molecule has 4 fully saturated rings. The zero-order chi connectivity index (χ0) is 32.6. The van der Waals surface area contributed by atoms with E-state index in [1.165, 1.54) is 0 Å². The molecule has 0 aromatic carbocycles. The number of carbonyl (C=O) groups is 1. The number of aliphatic imine (C=N–C) groups is 1. The number of hydrogen-bond acceptors (Lipinski definition) is 6. The van der Waals surface area contributed by atoms with E-state index in [1.54, 1.807) is 7.05 Å². The Morgan fingerprint density at radius 3 is 2.85 bits per heavy atom. The Balaban J connectivity index is 1.26. The molecule has 8 rings (SSSR count). The Labute approximate surface area is 278 Å². The second-order valence-electron chi connectivity index (χ2n) is 15.6. The van der Waals surface area contributed by atoms with Crippen LogP contribution in [0.1, 0.15) is 51.9 Å². The summed E-state index contributed by atoms with van der Waals surface area (Å²) >= 11 is 0. The van der Waals surface area contributed by atoms with Crippen LogP contribution in [0.5, 0.6) is 0 Å². The summed E-state index contributed by atoms with van der Waals surface area (Å²) in [6, 6.07) is 0. The maximum Gasteiger partial charge on any atom is 0.334 e. The van der Waals surface area contributed by atoms with Crippen LogP contribution in [0.3, 0.4) is 0 Å². The molecule has 252 valence electrons. The van der Waals surface area contributed by atoms with Crippen LogP contribution in [0.15, 0.2) is 52.7 Å². The highest BCUT2D eigenvalue weighted by molar-refractivity contribution is 5.92. The van der Waals surface area contributed by atoms with E-state index in [0.717, 1.165) is 37.2 Å². The number of aliphatic hydroxyl groups is 2. The molecule has 3 saturated carbocycles. The van der Waals surface area contributed by atoms with Crippen molar-refractivity contribution in [1.82, 2.24) is 15.5 Å². The predicted molar refractivity (Wildman–Crippen MR) is 179 cm³/mol. The molecule has 47 heavy (non-hydrogen) atoms. The highest BCUT2D eigenvalue weighted by Gasteiger charge is 2.77. The summed E-state index contributed by atoms with van der Waals surface area (Å²) in [5.74, 6) is 8.29. The van der Waals surface area contributed by atoms with Gasteiger partial charge in [-0.15, -0.1) is 0 Å². The van der Waals surface area contributed by atoms with Crippen molar-refractivity contribution in [2.24, 2.45) is 57.2 Å².